The van der Waals surface area contributed by atoms with Gasteiger partial charge >= 0.3 is 5.97 Å². The van der Waals surface area contributed by atoms with Crippen molar-refractivity contribution < 1.29 is 14.6 Å². The highest BCUT2D eigenvalue weighted by atomic mass is 16.5. The first-order valence-electron chi connectivity index (χ1n) is 11.6. The number of hydrogen-bond acceptors (Lipinski definition) is 4. The Balaban J connectivity index is 1.53. The smallest absolute Gasteiger partial charge is 0.303 e. The molecule has 4 rings (SSSR count). The number of fused-ring (bicyclic) bond motifs is 3. The second-order valence-electron chi connectivity index (χ2n) is 10.4. The standard InChI is InChI=1S/C24H39NO3/c1-15-12-22-21(16(2)14-25-19-6-5-7-20(25)10-9-19)11-8-17(3)24(22,27)13-23(15)28-18(4)26/h12,16-17,19-23,27H,5-11,13-14H2,1-4H3/t16-,17-,19?,20?,21+,22-,23-,24-/m1/s1. The van der Waals surface area contributed by atoms with Gasteiger partial charge in [0.15, 0.2) is 0 Å². The van der Waals surface area contributed by atoms with Crippen LogP contribution in [0.5, 0.6) is 0 Å². The van der Waals surface area contributed by atoms with Crippen LogP contribution in [-0.4, -0.2) is 46.3 Å². The lowest BCUT2D eigenvalue weighted by Crippen LogP contribution is -2.56. The maximum atomic E-state index is 11.8. The van der Waals surface area contributed by atoms with E-state index in [1.807, 2.05) is 0 Å². The molecule has 2 heterocycles. The lowest BCUT2D eigenvalue weighted by atomic mass is 9.57. The van der Waals surface area contributed by atoms with Gasteiger partial charge < -0.3 is 9.84 Å². The summed E-state index contributed by atoms with van der Waals surface area (Å²) in [6.07, 6.45) is 11.7. The molecular formula is C24H39NO3. The van der Waals surface area contributed by atoms with Gasteiger partial charge in [-0.15, -0.1) is 0 Å². The summed E-state index contributed by atoms with van der Waals surface area (Å²) >= 11 is 0. The van der Waals surface area contributed by atoms with Crippen molar-refractivity contribution in [1.29, 1.82) is 0 Å². The van der Waals surface area contributed by atoms with Gasteiger partial charge in [0.2, 0.25) is 0 Å². The lowest BCUT2D eigenvalue weighted by Gasteiger charge is -2.53. The van der Waals surface area contributed by atoms with E-state index in [1.165, 1.54) is 52.0 Å². The summed E-state index contributed by atoms with van der Waals surface area (Å²) in [6.45, 7) is 9.31. The van der Waals surface area contributed by atoms with Gasteiger partial charge in [0.25, 0.3) is 0 Å². The average molecular weight is 390 g/mol. The van der Waals surface area contributed by atoms with Crippen molar-refractivity contribution in [2.75, 3.05) is 6.54 Å². The highest BCUT2D eigenvalue weighted by molar-refractivity contribution is 5.66. The second-order valence-corrected chi connectivity index (χ2v) is 10.4. The summed E-state index contributed by atoms with van der Waals surface area (Å²) in [5, 5.41) is 11.8. The molecule has 4 heteroatoms. The fourth-order valence-electron chi connectivity index (χ4n) is 6.99. The van der Waals surface area contributed by atoms with Gasteiger partial charge in [-0.3, -0.25) is 9.69 Å². The third-order valence-corrected chi connectivity index (χ3v) is 8.67. The van der Waals surface area contributed by atoms with Gasteiger partial charge in [0, 0.05) is 37.9 Å². The molecule has 0 amide bonds. The Kier molecular flexibility index (Phi) is 5.65. The zero-order chi connectivity index (χ0) is 20.1. The summed E-state index contributed by atoms with van der Waals surface area (Å²) in [7, 11) is 0. The Hall–Kier alpha value is -0.870. The molecule has 158 valence electrons. The molecule has 1 N–H and O–H groups in total. The average Bonchev–Trinajstić information content (AvgIpc) is 2.85. The number of piperidine rings is 1. The van der Waals surface area contributed by atoms with Crippen LogP contribution in [0.15, 0.2) is 11.6 Å². The first-order valence-corrected chi connectivity index (χ1v) is 11.6. The summed E-state index contributed by atoms with van der Waals surface area (Å²) in [5.74, 6) is 1.26. The van der Waals surface area contributed by atoms with Crippen molar-refractivity contribution in [3.8, 4) is 0 Å². The number of carbonyl (C=O) groups excluding carboxylic acids is 1. The van der Waals surface area contributed by atoms with Crippen molar-refractivity contribution in [2.45, 2.75) is 103 Å². The summed E-state index contributed by atoms with van der Waals surface area (Å²) in [5.41, 5.74) is 0.367. The minimum Gasteiger partial charge on any atom is -0.458 e. The normalized spacial score (nSPS) is 44.5. The highest BCUT2D eigenvalue weighted by Crippen LogP contribution is 2.51. The number of esters is 1. The van der Waals surface area contributed by atoms with E-state index >= 15 is 0 Å². The zero-order valence-corrected chi connectivity index (χ0v) is 18.2. The molecule has 0 aromatic heterocycles. The van der Waals surface area contributed by atoms with E-state index in [2.05, 4.69) is 31.7 Å². The maximum Gasteiger partial charge on any atom is 0.303 e. The number of aliphatic hydroxyl groups is 1. The summed E-state index contributed by atoms with van der Waals surface area (Å²) in [6, 6.07) is 1.61. The molecule has 2 aliphatic heterocycles. The van der Waals surface area contributed by atoms with Crippen LogP contribution >= 0.6 is 0 Å². The third kappa shape index (κ3) is 3.56. The molecule has 1 saturated carbocycles. The Morgan fingerprint density at radius 1 is 1.25 bits per heavy atom. The van der Waals surface area contributed by atoms with E-state index in [9.17, 15) is 9.90 Å². The molecule has 0 spiro atoms. The molecule has 8 atom stereocenters. The minimum absolute atomic E-state index is 0.181. The van der Waals surface area contributed by atoms with E-state index in [1.54, 1.807) is 0 Å². The number of rotatable bonds is 4. The van der Waals surface area contributed by atoms with Gasteiger partial charge in [0.05, 0.1) is 5.60 Å². The zero-order valence-electron chi connectivity index (χ0n) is 18.2. The van der Waals surface area contributed by atoms with Gasteiger partial charge in [-0.1, -0.05) is 26.3 Å². The molecule has 28 heavy (non-hydrogen) atoms. The Bertz CT molecular complexity index is 615. The van der Waals surface area contributed by atoms with Gasteiger partial charge in [-0.2, -0.15) is 0 Å². The monoisotopic (exact) mass is 389 g/mol. The van der Waals surface area contributed by atoms with E-state index < -0.39 is 5.60 Å². The molecule has 2 bridgehead atoms. The van der Waals surface area contributed by atoms with Crippen molar-refractivity contribution >= 4 is 5.97 Å². The highest BCUT2D eigenvalue weighted by Gasteiger charge is 2.53. The van der Waals surface area contributed by atoms with Crippen molar-refractivity contribution in [2.24, 2.45) is 23.7 Å². The molecule has 0 aromatic rings. The maximum absolute atomic E-state index is 11.8. The number of ether oxygens (including phenoxy) is 1. The molecule has 2 aliphatic carbocycles. The van der Waals surface area contributed by atoms with Crippen LogP contribution in [-0.2, 0) is 9.53 Å². The number of hydrogen-bond donors (Lipinski definition) is 1. The first kappa shape index (κ1) is 20.4. The lowest BCUT2D eigenvalue weighted by molar-refractivity contribution is -0.159. The van der Waals surface area contributed by atoms with Crippen molar-refractivity contribution in [1.82, 2.24) is 4.90 Å². The van der Waals surface area contributed by atoms with Crippen LogP contribution in [0.2, 0.25) is 0 Å². The van der Waals surface area contributed by atoms with Crippen LogP contribution in [0.1, 0.15) is 79.1 Å². The van der Waals surface area contributed by atoms with Crippen molar-refractivity contribution in [3.63, 3.8) is 0 Å². The Labute approximate surface area is 170 Å². The van der Waals surface area contributed by atoms with Gasteiger partial charge in [-0.05, 0) is 68.8 Å². The summed E-state index contributed by atoms with van der Waals surface area (Å²) < 4.78 is 5.54. The first-order chi connectivity index (χ1) is 13.3. The molecule has 0 radical (unpaired) electrons. The molecule has 2 unspecified atom stereocenters. The fourth-order valence-corrected chi connectivity index (χ4v) is 6.99. The molecule has 2 saturated heterocycles. The molecule has 4 aliphatic rings. The predicted molar refractivity (Wildman–Crippen MR) is 111 cm³/mol. The van der Waals surface area contributed by atoms with Crippen LogP contribution in [0.25, 0.3) is 0 Å². The van der Waals surface area contributed by atoms with E-state index in [0.717, 1.165) is 24.1 Å². The second kappa shape index (κ2) is 7.75. The predicted octanol–water partition coefficient (Wildman–Crippen LogP) is 4.31. The molecule has 4 nitrogen and oxygen atoms in total. The van der Waals surface area contributed by atoms with Crippen LogP contribution in [0.3, 0.4) is 0 Å². The van der Waals surface area contributed by atoms with Crippen LogP contribution in [0.4, 0.5) is 0 Å². The van der Waals surface area contributed by atoms with Gasteiger partial charge in [-0.25, -0.2) is 0 Å². The van der Waals surface area contributed by atoms with E-state index in [4.69, 9.17) is 4.74 Å². The SMILES string of the molecule is CC(=O)O[C@@H]1C[C@@]2(O)[C@H](C)CC[C@@H]([C@H](C)CN3C4CCCC3CC4)[C@H]2C=C1C. The quantitative estimate of drug-likeness (QED) is 0.575. The fraction of sp³-hybridized carbons (Fsp3) is 0.875. The number of nitrogens with zero attached hydrogens (tertiary/aromatic N) is 1. The molecule has 0 aromatic carbocycles. The van der Waals surface area contributed by atoms with Crippen molar-refractivity contribution in [3.05, 3.63) is 11.6 Å². The third-order valence-electron chi connectivity index (χ3n) is 8.67. The van der Waals surface area contributed by atoms with Gasteiger partial charge in [0.1, 0.15) is 6.10 Å². The van der Waals surface area contributed by atoms with E-state index in [-0.39, 0.29) is 23.9 Å². The number of carbonyl (C=O) groups is 1. The molecular weight excluding hydrogens is 350 g/mol. The summed E-state index contributed by atoms with van der Waals surface area (Å²) in [4.78, 5) is 14.3. The topological polar surface area (TPSA) is 49.8 Å². The Morgan fingerprint density at radius 2 is 1.93 bits per heavy atom. The van der Waals surface area contributed by atoms with Crippen LogP contribution in [0, 0.1) is 23.7 Å². The molecule has 3 fully saturated rings. The van der Waals surface area contributed by atoms with Crippen LogP contribution < -0.4 is 0 Å². The Morgan fingerprint density at radius 3 is 2.57 bits per heavy atom. The van der Waals surface area contributed by atoms with E-state index in [0.29, 0.717) is 18.3 Å². The largest absolute Gasteiger partial charge is 0.458 e. The minimum atomic E-state index is -0.752.